The predicted octanol–water partition coefficient (Wildman–Crippen LogP) is 3.81. The van der Waals surface area contributed by atoms with Crippen LogP contribution in [0.25, 0.3) is 0 Å². The molecule has 26 heavy (non-hydrogen) atoms. The Morgan fingerprint density at radius 1 is 1.12 bits per heavy atom. The fraction of sp³-hybridized carbons (Fsp3) is 0.409. The molecule has 4 heteroatoms. The Morgan fingerprint density at radius 3 is 2.65 bits per heavy atom. The van der Waals surface area contributed by atoms with E-state index in [4.69, 9.17) is 4.74 Å². The van der Waals surface area contributed by atoms with Crippen LogP contribution in [0.15, 0.2) is 36.4 Å². The maximum Gasteiger partial charge on any atom is 0.261 e. The third kappa shape index (κ3) is 4.25. The molecule has 0 radical (unpaired) electrons. The van der Waals surface area contributed by atoms with Gasteiger partial charge in [0.05, 0.1) is 0 Å². The maximum absolute atomic E-state index is 12.5. The zero-order chi connectivity index (χ0) is 18.7. The predicted molar refractivity (Wildman–Crippen MR) is 104 cm³/mol. The lowest BCUT2D eigenvalue weighted by atomic mass is 10.0. The van der Waals surface area contributed by atoms with Gasteiger partial charge in [0.1, 0.15) is 5.75 Å². The first-order valence-electron chi connectivity index (χ1n) is 9.30. The second kappa shape index (κ2) is 7.92. The third-order valence-corrected chi connectivity index (χ3v) is 4.83. The summed E-state index contributed by atoms with van der Waals surface area (Å²) in [6, 6.07) is 12.5. The highest BCUT2D eigenvalue weighted by Gasteiger charge is 2.18. The van der Waals surface area contributed by atoms with Gasteiger partial charge in [0, 0.05) is 19.6 Å². The first-order valence-corrected chi connectivity index (χ1v) is 9.30. The van der Waals surface area contributed by atoms with Crippen LogP contribution in [-0.2, 0) is 24.4 Å². The van der Waals surface area contributed by atoms with Crippen LogP contribution in [0.1, 0.15) is 54.5 Å². The average Bonchev–Trinajstić information content (AvgIpc) is 3.07. The van der Waals surface area contributed by atoms with Gasteiger partial charge in [-0.3, -0.25) is 4.79 Å². The summed E-state index contributed by atoms with van der Waals surface area (Å²) in [7, 11) is 0. The minimum Gasteiger partial charge on any atom is -0.481 e. The maximum atomic E-state index is 12.5. The van der Waals surface area contributed by atoms with E-state index in [1.165, 1.54) is 11.1 Å². The van der Waals surface area contributed by atoms with E-state index in [1.807, 2.05) is 13.0 Å². The summed E-state index contributed by atoms with van der Waals surface area (Å²) in [5, 5.41) is 6.33. The van der Waals surface area contributed by atoms with Gasteiger partial charge >= 0.3 is 0 Å². The molecule has 0 fully saturated rings. The molecule has 2 N–H and O–H groups in total. The van der Waals surface area contributed by atoms with Crippen LogP contribution in [0.2, 0.25) is 0 Å². The summed E-state index contributed by atoms with van der Waals surface area (Å²) in [6.45, 7) is 10.4. The largest absolute Gasteiger partial charge is 0.481 e. The Kier molecular flexibility index (Phi) is 5.62. The fourth-order valence-electron chi connectivity index (χ4n) is 3.26. The lowest BCUT2D eigenvalue weighted by Gasteiger charge is -2.19. The molecule has 1 aliphatic heterocycles. The van der Waals surface area contributed by atoms with Gasteiger partial charge in [-0.2, -0.15) is 0 Å². The highest BCUT2D eigenvalue weighted by atomic mass is 16.5. The molecule has 2 aromatic rings. The fourth-order valence-corrected chi connectivity index (χ4v) is 3.26. The van der Waals surface area contributed by atoms with Gasteiger partial charge in [0.2, 0.25) is 0 Å². The van der Waals surface area contributed by atoms with Crippen molar-refractivity contribution in [2.75, 3.05) is 0 Å². The second-order valence-electron chi connectivity index (χ2n) is 7.38. The zero-order valence-electron chi connectivity index (χ0n) is 16.1. The zero-order valence-corrected chi connectivity index (χ0v) is 16.1. The van der Waals surface area contributed by atoms with E-state index >= 15 is 0 Å². The molecule has 138 valence electrons. The van der Waals surface area contributed by atoms with E-state index in [0.29, 0.717) is 12.5 Å². The monoisotopic (exact) mass is 352 g/mol. The van der Waals surface area contributed by atoms with Crippen molar-refractivity contribution in [3.05, 3.63) is 64.2 Å². The second-order valence-corrected chi connectivity index (χ2v) is 7.38. The number of fused-ring (bicyclic) bond motifs is 1. The number of hydrogen-bond donors (Lipinski definition) is 2. The number of ether oxygens (including phenoxy) is 1. The van der Waals surface area contributed by atoms with Crippen molar-refractivity contribution in [3.63, 3.8) is 0 Å². The van der Waals surface area contributed by atoms with E-state index in [1.54, 1.807) is 6.92 Å². The number of carbonyl (C=O) groups excluding carboxylic acids is 1. The summed E-state index contributed by atoms with van der Waals surface area (Å²) in [5.74, 6) is 1.05. The quantitative estimate of drug-likeness (QED) is 0.831. The van der Waals surface area contributed by atoms with Crippen molar-refractivity contribution in [3.8, 4) is 5.75 Å². The highest BCUT2D eigenvalue weighted by Crippen LogP contribution is 2.28. The normalized spacial score (nSPS) is 14.2. The Hall–Kier alpha value is -2.33. The van der Waals surface area contributed by atoms with E-state index in [9.17, 15) is 4.79 Å². The minimum absolute atomic E-state index is 0.0974. The molecule has 1 atom stereocenters. The van der Waals surface area contributed by atoms with Crippen LogP contribution in [0, 0.1) is 6.92 Å². The molecule has 0 aromatic heterocycles. The number of carbonyl (C=O) groups is 1. The lowest BCUT2D eigenvalue weighted by Crippen LogP contribution is -2.36. The minimum atomic E-state index is -0.537. The number of nitrogens with one attached hydrogen (secondary N) is 2. The molecule has 0 saturated carbocycles. The van der Waals surface area contributed by atoms with Gasteiger partial charge in [-0.05, 0) is 53.6 Å². The molecule has 1 heterocycles. The van der Waals surface area contributed by atoms with Crippen LogP contribution < -0.4 is 15.4 Å². The molecule has 2 aromatic carbocycles. The smallest absolute Gasteiger partial charge is 0.261 e. The number of rotatable bonds is 6. The van der Waals surface area contributed by atoms with Gasteiger partial charge in [0.15, 0.2) is 6.10 Å². The van der Waals surface area contributed by atoms with Gasteiger partial charge in [-0.1, -0.05) is 44.2 Å². The van der Waals surface area contributed by atoms with Crippen molar-refractivity contribution in [1.29, 1.82) is 0 Å². The van der Waals surface area contributed by atoms with Crippen LogP contribution in [-0.4, -0.2) is 12.0 Å². The Morgan fingerprint density at radius 2 is 1.88 bits per heavy atom. The topological polar surface area (TPSA) is 50.4 Å². The standard InChI is InChI=1S/C22H28N2O2/c1-14(2)20-8-5-15(3)9-21(20)26-16(4)22(25)24-11-17-6-7-18-12-23-13-19(18)10-17/h5-10,14,16,23H,11-13H2,1-4H3,(H,24,25). The Labute approximate surface area is 156 Å². The van der Waals surface area contributed by atoms with Gasteiger partial charge < -0.3 is 15.4 Å². The summed E-state index contributed by atoms with van der Waals surface area (Å²) >= 11 is 0. The summed E-state index contributed by atoms with van der Waals surface area (Å²) in [5.41, 5.74) is 6.04. The van der Waals surface area contributed by atoms with E-state index < -0.39 is 6.10 Å². The molecular weight excluding hydrogens is 324 g/mol. The lowest BCUT2D eigenvalue weighted by molar-refractivity contribution is -0.127. The van der Waals surface area contributed by atoms with Crippen molar-refractivity contribution in [2.45, 2.75) is 59.4 Å². The van der Waals surface area contributed by atoms with Gasteiger partial charge in [-0.25, -0.2) is 0 Å². The molecule has 0 saturated heterocycles. The van der Waals surface area contributed by atoms with Crippen LogP contribution in [0.5, 0.6) is 5.75 Å². The molecule has 4 nitrogen and oxygen atoms in total. The first-order chi connectivity index (χ1) is 12.4. The van der Waals surface area contributed by atoms with Gasteiger partial charge in [-0.15, -0.1) is 0 Å². The van der Waals surface area contributed by atoms with E-state index in [2.05, 4.69) is 54.8 Å². The molecule has 1 unspecified atom stereocenters. The Balaban J connectivity index is 1.61. The van der Waals surface area contributed by atoms with E-state index in [-0.39, 0.29) is 5.91 Å². The van der Waals surface area contributed by atoms with Crippen molar-refractivity contribution in [2.24, 2.45) is 0 Å². The summed E-state index contributed by atoms with van der Waals surface area (Å²) < 4.78 is 5.99. The first kappa shape index (κ1) is 18.5. The molecule has 0 spiro atoms. The van der Waals surface area contributed by atoms with Crippen LogP contribution in [0.3, 0.4) is 0 Å². The number of benzene rings is 2. The van der Waals surface area contributed by atoms with Crippen LogP contribution in [0.4, 0.5) is 0 Å². The van der Waals surface area contributed by atoms with Crippen LogP contribution >= 0.6 is 0 Å². The summed E-state index contributed by atoms with van der Waals surface area (Å²) in [4.78, 5) is 12.5. The van der Waals surface area contributed by atoms with Gasteiger partial charge in [0.25, 0.3) is 5.91 Å². The number of aryl methyl sites for hydroxylation is 1. The molecule has 3 rings (SSSR count). The molecule has 1 amide bonds. The molecule has 0 aliphatic carbocycles. The van der Waals surface area contributed by atoms with Crippen molar-refractivity contribution >= 4 is 5.91 Å². The summed E-state index contributed by atoms with van der Waals surface area (Å²) in [6.07, 6.45) is -0.537. The third-order valence-electron chi connectivity index (χ3n) is 4.83. The SMILES string of the molecule is Cc1ccc(C(C)C)c(OC(C)C(=O)NCc2ccc3c(c2)CNC3)c1. The van der Waals surface area contributed by atoms with E-state index in [0.717, 1.165) is 35.5 Å². The average molecular weight is 352 g/mol. The molecule has 0 bridgehead atoms. The van der Waals surface area contributed by atoms with Crippen molar-refractivity contribution in [1.82, 2.24) is 10.6 Å². The Bertz CT molecular complexity index is 799. The molecule has 1 aliphatic rings. The number of hydrogen-bond acceptors (Lipinski definition) is 3. The number of amides is 1. The highest BCUT2D eigenvalue weighted by molar-refractivity contribution is 5.80. The van der Waals surface area contributed by atoms with Crippen molar-refractivity contribution < 1.29 is 9.53 Å². The molecular formula is C22H28N2O2.